The summed E-state index contributed by atoms with van der Waals surface area (Å²) in [5, 5.41) is 19.9. The number of ether oxygens (including phenoxy) is 2. The zero-order valence-electron chi connectivity index (χ0n) is 15.7. The predicted octanol–water partition coefficient (Wildman–Crippen LogP) is 3.89. The monoisotopic (exact) mass is 419 g/mol. The number of hydrogen-bond donors (Lipinski definition) is 1. The molecule has 8 heteroatoms. The summed E-state index contributed by atoms with van der Waals surface area (Å²) in [5.41, 5.74) is 1.17. The van der Waals surface area contributed by atoms with Gasteiger partial charge in [0.1, 0.15) is 24.7 Å². The van der Waals surface area contributed by atoms with Crippen LogP contribution in [0.1, 0.15) is 11.4 Å². The van der Waals surface area contributed by atoms with Gasteiger partial charge in [0.15, 0.2) is 11.0 Å². The summed E-state index contributed by atoms with van der Waals surface area (Å²) in [6.07, 6.45) is -0.614. The van der Waals surface area contributed by atoms with Gasteiger partial charge in [0.2, 0.25) is 0 Å². The molecule has 0 unspecified atom stereocenters. The van der Waals surface area contributed by atoms with Crippen molar-refractivity contribution in [3.63, 3.8) is 0 Å². The molecule has 1 heterocycles. The van der Waals surface area contributed by atoms with Crippen LogP contribution in [0.5, 0.6) is 11.5 Å². The number of aliphatic hydroxyl groups excluding tert-OH is 1. The molecule has 0 fully saturated rings. The Kier molecular flexibility index (Phi) is 7.19. The molecule has 1 atom stereocenters. The second-order valence-electron chi connectivity index (χ2n) is 6.29. The SMILES string of the molecule is Cc1ccc(OC[C@H](O)CSc2nnc(COc3ccc(Cl)cc3)n2C)cc1. The fourth-order valence-corrected chi connectivity index (χ4v) is 3.28. The smallest absolute Gasteiger partial charge is 0.191 e. The molecule has 1 aromatic heterocycles. The van der Waals surface area contributed by atoms with Crippen molar-refractivity contribution in [1.29, 1.82) is 0 Å². The molecule has 148 valence electrons. The molecule has 0 aliphatic carbocycles. The van der Waals surface area contributed by atoms with Crippen LogP contribution in [0.4, 0.5) is 0 Å². The van der Waals surface area contributed by atoms with Crippen LogP contribution in [0.15, 0.2) is 53.7 Å². The highest BCUT2D eigenvalue weighted by molar-refractivity contribution is 7.99. The topological polar surface area (TPSA) is 69.4 Å². The van der Waals surface area contributed by atoms with E-state index in [0.29, 0.717) is 34.1 Å². The lowest BCUT2D eigenvalue weighted by Crippen LogP contribution is -2.20. The molecule has 0 spiro atoms. The first-order chi connectivity index (χ1) is 13.5. The fourth-order valence-electron chi connectivity index (χ4n) is 2.32. The average Bonchev–Trinajstić information content (AvgIpc) is 3.05. The molecule has 0 aliphatic rings. The number of aromatic nitrogens is 3. The highest BCUT2D eigenvalue weighted by Crippen LogP contribution is 2.20. The van der Waals surface area contributed by atoms with Crippen LogP contribution in [0, 0.1) is 6.92 Å². The van der Waals surface area contributed by atoms with Gasteiger partial charge in [-0.25, -0.2) is 0 Å². The lowest BCUT2D eigenvalue weighted by atomic mass is 10.2. The third-order valence-corrected chi connectivity index (χ3v) is 5.39. The Morgan fingerprint density at radius 1 is 1.04 bits per heavy atom. The summed E-state index contributed by atoms with van der Waals surface area (Å²) in [7, 11) is 1.87. The Labute approximate surface area is 173 Å². The van der Waals surface area contributed by atoms with Crippen molar-refractivity contribution in [3.05, 3.63) is 64.9 Å². The van der Waals surface area contributed by atoms with Crippen molar-refractivity contribution in [1.82, 2.24) is 14.8 Å². The summed E-state index contributed by atoms with van der Waals surface area (Å²) in [5.74, 6) is 2.61. The number of rotatable bonds is 9. The molecule has 0 aliphatic heterocycles. The van der Waals surface area contributed by atoms with E-state index in [0.717, 1.165) is 5.75 Å². The third-order valence-electron chi connectivity index (χ3n) is 3.97. The Hall–Kier alpha value is -2.22. The van der Waals surface area contributed by atoms with E-state index >= 15 is 0 Å². The van der Waals surface area contributed by atoms with Crippen molar-refractivity contribution < 1.29 is 14.6 Å². The summed E-state index contributed by atoms with van der Waals surface area (Å²) in [6.45, 7) is 2.54. The van der Waals surface area contributed by atoms with Crippen molar-refractivity contribution >= 4 is 23.4 Å². The molecule has 0 saturated carbocycles. The maximum absolute atomic E-state index is 10.2. The first kappa shape index (κ1) is 20.5. The van der Waals surface area contributed by atoms with Crippen LogP contribution < -0.4 is 9.47 Å². The fraction of sp³-hybridized carbons (Fsp3) is 0.300. The third kappa shape index (κ3) is 5.89. The molecule has 0 amide bonds. The van der Waals surface area contributed by atoms with E-state index in [4.69, 9.17) is 21.1 Å². The Bertz CT molecular complexity index is 885. The van der Waals surface area contributed by atoms with Crippen LogP contribution in [0.3, 0.4) is 0 Å². The Balaban J connectivity index is 1.45. The van der Waals surface area contributed by atoms with E-state index in [-0.39, 0.29) is 6.61 Å². The highest BCUT2D eigenvalue weighted by atomic mass is 35.5. The maximum Gasteiger partial charge on any atom is 0.191 e. The lowest BCUT2D eigenvalue weighted by Gasteiger charge is -2.12. The first-order valence-corrected chi connectivity index (χ1v) is 10.1. The second kappa shape index (κ2) is 9.82. The Morgan fingerprint density at radius 2 is 1.68 bits per heavy atom. The quantitative estimate of drug-likeness (QED) is 0.530. The minimum Gasteiger partial charge on any atom is -0.491 e. The largest absolute Gasteiger partial charge is 0.491 e. The zero-order valence-corrected chi connectivity index (χ0v) is 17.3. The van der Waals surface area contributed by atoms with Gasteiger partial charge in [-0.15, -0.1) is 10.2 Å². The zero-order chi connectivity index (χ0) is 19.9. The standard InChI is InChI=1S/C20H22ClN3O3S/c1-14-3-7-17(8-4-14)26-11-16(25)13-28-20-23-22-19(24(20)2)12-27-18-9-5-15(21)6-10-18/h3-10,16,25H,11-13H2,1-2H3/t16-/m0/s1. The van der Waals surface area contributed by atoms with Gasteiger partial charge in [-0.1, -0.05) is 41.1 Å². The number of aryl methyl sites for hydroxylation is 1. The van der Waals surface area contributed by atoms with E-state index in [9.17, 15) is 5.11 Å². The van der Waals surface area contributed by atoms with Crippen LogP contribution in [0.2, 0.25) is 5.02 Å². The number of hydrogen-bond acceptors (Lipinski definition) is 6. The van der Waals surface area contributed by atoms with Crippen molar-refractivity contribution in [2.75, 3.05) is 12.4 Å². The van der Waals surface area contributed by atoms with Crippen molar-refractivity contribution in [2.45, 2.75) is 24.8 Å². The van der Waals surface area contributed by atoms with Crippen LogP contribution in [-0.2, 0) is 13.7 Å². The molecule has 3 aromatic rings. The van der Waals surface area contributed by atoms with Crippen LogP contribution in [0.25, 0.3) is 0 Å². The molecule has 1 N–H and O–H groups in total. The average molecular weight is 420 g/mol. The summed E-state index contributed by atoms with van der Waals surface area (Å²) in [6, 6.07) is 14.9. The van der Waals surface area contributed by atoms with E-state index in [1.54, 1.807) is 24.3 Å². The van der Waals surface area contributed by atoms with Gasteiger partial charge >= 0.3 is 0 Å². The molecule has 2 aromatic carbocycles. The van der Waals surface area contributed by atoms with E-state index in [1.165, 1.54) is 17.3 Å². The number of benzene rings is 2. The molecule has 6 nitrogen and oxygen atoms in total. The van der Waals surface area contributed by atoms with E-state index < -0.39 is 6.10 Å². The number of aliphatic hydroxyl groups is 1. The van der Waals surface area contributed by atoms with Gasteiger partial charge in [-0.2, -0.15) is 0 Å². The van der Waals surface area contributed by atoms with Gasteiger partial charge in [0, 0.05) is 17.8 Å². The lowest BCUT2D eigenvalue weighted by molar-refractivity contribution is 0.126. The summed E-state index contributed by atoms with van der Waals surface area (Å²) < 4.78 is 13.2. The van der Waals surface area contributed by atoms with Gasteiger partial charge < -0.3 is 19.1 Å². The van der Waals surface area contributed by atoms with Gasteiger partial charge in [0.25, 0.3) is 0 Å². The maximum atomic E-state index is 10.2. The molecule has 28 heavy (non-hydrogen) atoms. The van der Waals surface area contributed by atoms with E-state index in [1.807, 2.05) is 42.8 Å². The number of halogens is 1. The molecule has 0 bridgehead atoms. The second-order valence-corrected chi connectivity index (χ2v) is 7.71. The molecular weight excluding hydrogens is 398 g/mol. The van der Waals surface area contributed by atoms with Crippen molar-refractivity contribution in [2.24, 2.45) is 7.05 Å². The van der Waals surface area contributed by atoms with Gasteiger partial charge in [-0.3, -0.25) is 0 Å². The van der Waals surface area contributed by atoms with Crippen LogP contribution >= 0.6 is 23.4 Å². The minimum absolute atomic E-state index is 0.223. The van der Waals surface area contributed by atoms with Gasteiger partial charge in [0.05, 0.1) is 6.10 Å². The van der Waals surface area contributed by atoms with Crippen molar-refractivity contribution in [3.8, 4) is 11.5 Å². The predicted molar refractivity (Wildman–Crippen MR) is 110 cm³/mol. The molecule has 0 saturated heterocycles. The normalized spacial score (nSPS) is 12.0. The van der Waals surface area contributed by atoms with Crippen LogP contribution in [-0.4, -0.2) is 38.3 Å². The summed E-state index contributed by atoms with van der Waals surface area (Å²) >= 11 is 7.29. The molecule has 3 rings (SSSR count). The highest BCUT2D eigenvalue weighted by Gasteiger charge is 2.13. The number of nitrogens with zero attached hydrogens (tertiary/aromatic N) is 3. The number of thioether (sulfide) groups is 1. The van der Waals surface area contributed by atoms with Gasteiger partial charge in [-0.05, 0) is 43.3 Å². The molecular formula is C20H22ClN3O3S. The summed E-state index contributed by atoms with van der Waals surface area (Å²) in [4.78, 5) is 0. The minimum atomic E-state index is -0.614. The Morgan fingerprint density at radius 3 is 2.39 bits per heavy atom. The van der Waals surface area contributed by atoms with E-state index in [2.05, 4.69) is 10.2 Å². The first-order valence-electron chi connectivity index (χ1n) is 8.78. The molecule has 0 radical (unpaired) electrons.